The van der Waals surface area contributed by atoms with E-state index in [0.717, 1.165) is 17.7 Å². The number of anilines is 1. The Hall–Kier alpha value is -2.18. The maximum atomic E-state index is 6.15. The first-order valence-corrected chi connectivity index (χ1v) is 8.94. The number of nitrogens with one attached hydrogen (secondary N) is 2. The molecule has 5 nitrogen and oxygen atoms in total. The van der Waals surface area contributed by atoms with E-state index in [2.05, 4.69) is 17.6 Å². The zero-order valence-corrected chi connectivity index (χ0v) is 16.8. The summed E-state index contributed by atoms with van der Waals surface area (Å²) < 4.78 is 15.8. The molecule has 0 aliphatic carbocycles. The van der Waals surface area contributed by atoms with Gasteiger partial charge in [-0.3, -0.25) is 0 Å². The molecule has 2 aromatic rings. The largest absolute Gasteiger partial charge is 0.495 e. The van der Waals surface area contributed by atoms with Gasteiger partial charge in [-0.05, 0) is 54.5 Å². The normalized spacial score (nSPS) is 11.4. The van der Waals surface area contributed by atoms with Crippen molar-refractivity contribution in [3.05, 3.63) is 47.0 Å². The summed E-state index contributed by atoms with van der Waals surface area (Å²) in [7, 11) is 4.82. The lowest BCUT2D eigenvalue weighted by Gasteiger charge is -2.21. The summed E-state index contributed by atoms with van der Waals surface area (Å²) in [5.41, 5.74) is 1.84. The third-order valence-electron chi connectivity index (χ3n) is 3.93. The molecule has 7 heteroatoms. The van der Waals surface area contributed by atoms with E-state index in [9.17, 15) is 0 Å². The Balaban J connectivity index is 2.09. The maximum absolute atomic E-state index is 6.15. The molecule has 0 spiro atoms. The molecule has 0 aliphatic rings. The second-order valence-corrected chi connectivity index (χ2v) is 6.34. The van der Waals surface area contributed by atoms with E-state index in [1.807, 2.05) is 24.3 Å². The molecular formula is C19H23ClN2O3S. The van der Waals surface area contributed by atoms with Gasteiger partial charge in [0.15, 0.2) is 16.6 Å². The van der Waals surface area contributed by atoms with Crippen molar-refractivity contribution in [1.29, 1.82) is 0 Å². The van der Waals surface area contributed by atoms with Gasteiger partial charge < -0.3 is 24.8 Å². The zero-order valence-electron chi connectivity index (χ0n) is 15.3. The number of hydrogen-bond donors (Lipinski definition) is 2. The summed E-state index contributed by atoms with van der Waals surface area (Å²) in [4.78, 5) is 0. The molecule has 0 saturated carbocycles. The molecule has 0 fully saturated rings. The SMILES string of the molecule is CCC(NC(=S)Nc1ccc(OC)c(Cl)c1)c1ccc(OC)c(OC)c1. The Morgan fingerprint density at radius 2 is 1.65 bits per heavy atom. The summed E-state index contributed by atoms with van der Waals surface area (Å²) in [5.74, 6) is 2.00. The monoisotopic (exact) mass is 394 g/mol. The average Bonchev–Trinajstić information content (AvgIpc) is 2.65. The van der Waals surface area contributed by atoms with Crippen LogP contribution in [0.15, 0.2) is 36.4 Å². The molecule has 0 bridgehead atoms. The van der Waals surface area contributed by atoms with Crippen LogP contribution in [0.1, 0.15) is 24.9 Å². The van der Waals surface area contributed by atoms with Crippen LogP contribution in [0.3, 0.4) is 0 Å². The predicted molar refractivity (Wildman–Crippen MR) is 110 cm³/mol. The highest BCUT2D eigenvalue weighted by Gasteiger charge is 2.14. The van der Waals surface area contributed by atoms with Crippen LogP contribution in [-0.2, 0) is 0 Å². The Labute approximate surface area is 164 Å². The maximum Gasteiger partial charge on any atom is 0.171 e. The summed E-state index contributed by atoms with van der Waals surface area (Å²) in [6, 6.07) is 11.3. The fraction of sp³-hybridized carbons (Fsp3) is 0.316. The Morgan fingerprint density at radius 3 is 2.23 bits per heavy atom. The van der Waals surface area contributed by atoms with Crippen LogP contribution in [0.4, 0.5) is 5.69 Å². The number of methoxy groups -OCH3 is 3. The molecule has 1 unspecified atom stereocenters. The van der Waals surface area contributed by atoms with Crippen LogP contribution in [0, 0.1) is 0 Å². The van der Waals surface area contributed by atoms with E-state index in [1.54, 1.807) is 33.5 Å². The molecule has 2 rings (SSSR count). The summed E-state index contributed by atoms with van der Waals surface area (Å²) in [6.07, 6.45) is 0.848. The van der Waals surface area contributed by atoms with Gasteiger partial charge in [0.2, 0.25) is 0 Å². The Morgan fingerprint density at radius 1 is 1.00 bits per heavy atom. The van der Waals surface area contributed by atoms with Crippen molar-refractivity contribution in [3.63, 3.8) is 0 Å². The summed E-state index contributed by atoms with van der Waals surface area (Å²) in [6.45, 7) is 2.08. The number of halogens is 1. The van der Waals surface area contributed by atoms with E-state index in [-0.39, 0.29) is 6.04 Å². The molecule has 0 amide bonds. The van der Waals surface area contributed by atoms with Crippen LogP contribution in [0.5, 0.6) is 17.2 Å². The van der Waals surface area contributed by atoms with Crippen LogP contribution in [0.2, 0.25) is 5.02 Å². The quantitative estimate of drug-likeness (QED) is 0.657. The Bertz CT molecular complexity index is 770. The minimum Gasteiger partial charge on any atom is -0.495 e. The minimum absolute atomic E-state index is 0.0310. The van der Waals surface area contributed by atoms with Crippen molar-refractivity contribution >= 4 is 34.6 Å². The lowest BCUT2D eigenvalue weighted by Crippen LogP contribution is -2.32. The van der Waals surface area contributed by atoms with Crippen LogP contribution < -0.4 is 24.8 Å². The molecule has 0 radical (unpaired) electrons. The zero-order chi connectivity index (χ0) is 19.1. The summed E-state index contributed by atoms with van der Waals surface area (Å²) >= 11 is 11.6. The smallest absolute Gasteiger partial charge is 0.171 e. The van der Waals surface area contributed by atoms with Crippen molar-refractivity contribution in [1.82, 2.24) is 5.32 Å². The van der Waals surface area contributed by atoms with E-state index < -0.39 is 0 Å². The second kappa shape index (κ2) is 9.50. The molecule has 2 N–H and O–H groups in total. The van der Waals surface area contributed by atoms with E-state index in [1.165, 1.54) is 0 Å². The topological polar surface area (TPSA) is 51.8 Å². The minimum atomic E-state index is 0.0310. The number of hydrogen-bond acceptors (Lipinski definition) is 4. The molecule has 26 heavy (non-hydrogen) atoms. The van der Waals surface area contributed by atoms with Gasteiger partial charge in [-0.25, -0.2) is 0 Å². The fourth-order valence-electron chi connectivity index (χ4n) is 2.56. The van der Waals surface area contributed by atoms with Crippen LogP contribution in [-0.4, -0.2) is 26.4 Å². The van der Waals surface area contributed by atoms with Crippen molar-refractivity contribution in [2.75, 3.05) is 26.6 Å². The van der Waals surface area contributed by atoms with Crippen molar-refractivity contribution in [3.8, 4) is 17.2 Å². The fourth-order valence-corrected chi connectivity index (χ4v) is 3.08. The molecule has 0 saturated heterocycles. The average molecular weight is 395 g/mol. The third kappa shape index (κ3) is 4.93. The van der Waals surface area contributed by atoms with Gasteiger partial charge in [0.1, 0.15) is 5.75 Å². The molecule has 0 heterocycles. The van der Waals surface area contributed by atoms with Gasteiger partial charge >= 0.3 is 0 Å². The number of rotatable bonds is 7. The van der Waals surface area contributed by atoms with Crippen LogP contribution in [0.25, 0.3) is 0 Å². The second-order valence-electron chi connectivity index (χ2n) is 5.52. The predicted octanol–water partition coefficient (Wildman–Crippen LogP) is 4.80. The molecule has 1 atom stereocenters. The van der Waals surface area contributed by atoms with Gasteiger partial charge in [0, 0.05) is 5.69 Å². The first-order chi connectivity index (χ1) is 12.5. The van der Waals surface area contributed by atoms with Crippen LogP contribution >= 0.6 is 23.8 Å². The standard InChI is InChI=1S/C19H23ClN2O3S/c1-5-15(12-6-8-17(24-3)18(10-12)25-4)22-19(26)21-13-7-9-16(23-2)14(20)11-13/h6-11,15H,5H2,1-4H3,(H2,21,22,26). The molecule has 0 aromatic heterocycles. The lowest BCUT2D eigenvalue weighted by atomic mass is 10.0. The summed E-state index contributed by atoms with van der Waals surface area (Å²) in [5, 5.41) is 7.49. The molecule has 2 aromatic carbocycles. The molecule has 0 aliphatic heterocycles. The number of ether oxygens (including phenoxy) is 3. The molecule has 140 valence electrons. The highest BCUT2D eigenvalue weighted by molar-refractivity contribution is 7.80. The van der Waals surface area contributed by atoms with E-state index >= 15 is 0 Å². The van der Waals surface area contributed by atoms with Gasteiger partial charge in [0.05, 0.1) is 32.4 Å². The Kier molecular flexibility index (Phi) is 7.36. The van der Waals surface area contributed by atoms with Gasteiger partial charge in [0.25, 0.3) is 0 Å². The van der Waals surface area contributed by atoms with Gasteiger partial charge in [-0.1, -0.05) is 24.6 Å². The van der Waals surface area contributed by atoms with Crippen molar-refractivity contribution in [2.45, 2.75) is 19.4 Å². The lowest BCUT2D eigenvalue weighted by molar-refractivity contribution is 0.354. The van der Waals surface area contributed by atoms with E-state index in [4.69, 9.17) is 38.0 Å². The van der Waals surface area contributed by atoms with Gasteiger partial charge in [-0.2, -0.15) is 0 Å². The first kappa shape index (κ1) is 20.1. The number of benzene rings is 2. The number of thiocarbonyl (C=S) groups is 1. The molecular weight excluding hydrogens is 372 g/mol. The third-order valence-corrected chi connectivity index (χ3v) is 4.45. The first-order valence-electron chi connectivity index (χ1n) is 8.15. The van der Waals surface area contributed by atoms with Crippen molar-refractivity contribution in [2.24, 2.45) is 0 Å². The highest BCUT2D eigenvalue weighted by Crippen LogP contribution is 2.31. The van der Waals surface area contributed by atoms with Gasteiger partial charge in [-0.15, -0.1) is 0 Å². The highest BCUT2D eigenvalue weighted by atomic mass is 35.5. The van der Waals surface area contributed by atoms with E-state index in [0.29, 0.717) is 27.4 Å². The van der Waals surface area contributed by atoms with Crippen molar-refractivity contribution < 1.29 is 14.2 Å².